The predicted molar refractivity (Wildman–Crippen MR) is 59.1 cm³/mol. The smallest absolute Gasteiger partial charge is 0.0601 e. The highest BCUT2D eigenvalue weighted by Crippen LogP contribution is 2.27. The van der Waals surface area contributed by atoms with Crippen LogP contribution in [0.3, 0.4) is 0 Å². The van der Waals surface area contributed by atoms with Crippen molar-refractivity contribution < 1.29 is 0 Å². The topological polar surface area (TPSA) is 15.3 Å². The molecule has 2 heteroatoms. The van der Waals surface area contributed by atoms with Crippen LogP contribution in [0.15, 0.2) is 0 Å². The van der Waals surface area contributed by atoms with Crippen LogP contribution in [0, 0.1) is 12.3 Å². The molecule has 0 spiro atoms. The van der Waals surface area contributed by atoms with Gasteiger partial charge in [-0.1, -0.05) is 12.3 Å². The molecule has 78 valence electrons. The van der Waals surface area contributed by atoms with Crippen LogP contribution in [0.5, 0.6) is 0 Å². The van der Waals surface area contributed by atoms with Crippen LogP contribution in [-0.4, -0.2) is 36.6 Å². The van der Waals surface area contributed by atoms with E-state index in [1.165, 1.54) is 38.6 Å². The Bertz CT molecular complexity index is 209. The van der Waals surface area contributed by atoms with Gasteiger partial charge in [0.15, 0.2) is 0 Å². The fourth-order valence-corrected chi connectivity index (χ4v) is 2.26. The fraction of sp³-hybridized carbons (Fsp3) is 0.833. The highest BCUT2D eigenvalue weighted by atomic mass is 15.2. The lowest BCUT2D eigenvalue weighted by Crippen LogP contribution is -2.44. The van der Waals surface area contributed by atoms with Gasteiger partial charge in [0.25, 0.3) is 0 Å². The van der Waals surface area contributed by atoms with E-state index in [0.717, 1.165) is 19.1 Å². The Morgan fingerprint density at radius 3 is 2.71 bits per heavy atom. The molecule has 2 aliphatic rings. The molecular weight excluding hydrogens is 172 g/mol. The van der Waals surface area contributed by atoms with Gasteiger partial charge in [-0.25, -0.2) is 0 Å². The zero-order valence-electron chi connectivity index (χ0n) is 8.84. The third-order valence-corrected chi connectivity index (χ3v) is 3.22. The molecule has 0 aromatic heterocycles. The Hall–Kier alpha value is -0.520. The first-order valence-corrected chi connectivity index (χ1v) is 5.81. The molecule has 0 aromatic carbocycles. The van der Waals surface area contributed by atoms with Gasteiger partial charge >= 0.3 is 0 Å². The van der Waals surface area contributed by atoms with Gasteiger partial charge < -0.3 is 5.32 Å². The molecular formula is C12H20N2. The molecule has 1 atom stereocenters. The molecule has 1 aliphatic heterocycles. The monoisotopic (exact) mass is 192 g/mol. The predicted octanol–water partition coefficient (Wildman–Crippen LogP) is 1.23. The Morgan fingerprint density at radius 1 is 1.29 bits per heavy atom. The van der Waals surface area contributed by atoms with Crippen LogP contribution in [0.1, 0.15) is 32.1 Å². The molecule has 0 bridgehead atoms. The summed E-state index contributed by atoms with van der Waals surface area (Å²) in [5, 5.41) is 3.58. The molecule has 0 radical (unpaired) electrons. The molecule has 1 aliphatic carbocycles. The third-order valence-electron chi connectivity index (χ3n) is 3.22. The number of terminal acetylenes is 1. The van der Waals surface area contributed by atoms with Gasteiger partial charge in [0.05, 0.1) is 6.54 Å². The van der Waals surface area contributed by atoms with Gasteiger partial charge in [0.1, 0.15) is 0 Å². The average molecular weight is 192 g/mol. The molecule has 1 saturated heterocycles. The van der Waals surface area contributed by atoms with Crippen molar-refractivity contribution in [2.75, 3.05) is 19.6 Å². The zero-order valence-corrected chi connectivity index (χ0v) is 8.84. The maximum absolute atomic E-state index is 5.39. The van der Waals surface area contributed by atoms with Crippen molar-refractivity contribution in [1.82, 2.24) is 10.2 Å². The lowest BCUT2D eigenvalue weighted by Gasteiger charge is -2.29. The molecule has 2 nitrogen and oxygen atoms in total. The van der Waals surface area contributed by atoms with Crippen LogP contribution in [-0.2, 0) is 0 Å². The van der Waals surface area contributed by atoms with Gasteiger partial charge in [-0.05, 0) is 32.2 Å². The number of hydrogen-bond donors (Lipinski definition) is 1. The summed E-state index contributed by atoms with van der Waals surface area (Å²) < 4.78 is 0. The SMILES string of the molecule is C#CCN(CC1CCCCN1)C1CC1. The minimum absolute atomic E-state index is 0.692. The van der Waals surface area contributed by atoms with Crippen molar-refractivity contribution in [3.8, 4) is 12.3 Å². The van der Waals surface area contributed by atoms with Crippen molar-refractivity contribution >= 4 is 0 Å². The van der Waals surface area contributed by atoms with Crippen LogP contribution >= 0.6 is 0 Å². The van der Waals surface area contributed by atoms with Crippen molar-refractivity contribution in [3.63, 3.8) is 0 Å². The molecule has 2 rings (SSSR count). The Balaban J connectivity index is 1.77. The number of nitrogens with zero attached hydrogens (tertiary/aromatic N) is 1. The second kappa shape index (κ2) is 4.82. The largest absolute Gasteiger partial charge is 0.313 e. The molecule has 0 amide bonds. The summed E-state index contributed by atoms with van der Waals surface area (Å²) in [7, 11) is 0. The molecule has 2 fully saturated rings. The summed E-state index contributed by atoms with van der Waals surface area (Å²) >= 11 is 0. The van der Waals surface area contributed by atoms with Crippen LogP contribution in [0.25, 0.3) is 0 Å². The Morgan fingerprint density at radius 2 is 2.14 bits per heavy atom. The number of nitrogens with one attached hydrogen (secondary N) is 1. The van der Waals surface area contributed by atoms with E-state index in [0.29, 0.717) is 6.04 Å². The van der Waals surface area contributed by atoms with E-state index >= 15 is 0 Å². The highest BCUT2D eigenvalue weighted by molar-refractivity contribution is 4.96. The number of piperidine rings is 1. The minimum atomic E-state index is 0.692. The summed E-state index contributed by atoms with van der Waals surface area (Å²) in [6, 6.07) is 1.49. The summed E-state index contributed by atoms with van der Waals surface area (Å²) in [4.78, 5) is 2.48. The fourth-order valence-electron chi connectivity index (χ4n) is 2.26. The standard InChI is InChI=1S/C12H20N2/c1-2-9-14(12-6-7-12)10-11-5-3-4-8-13-11/h1,11-13H,3-10H2. The van der Waals surface area contributed by atoms with E-state index in [9.17, 15) is 0 Å². The van der Waals surface area contributed by atoms with Crippen LogP contribution < -0.4 is 5.32 Å². The van der Waals surface area contributed by atoms with E-state index in [2.05, 4.69) is 16.1 Å². The van der Waals surface area contributed by atoms with E-state index in [1.54, 1.807) is 0 Å². The van der Waals surface area contributed by atoms with Gasteiger partial charge in [0, 0.05) is 18.6 Å². The summed E-state index contributed by atoms with van der Waals surface area (Å²) in [6.45, 7) is 3.19. The third kappa shape index (κ3) is 2.73. The summed E-state index contributed by atoms with van der Waals surface area (Å²) in [5.74, 6) is 2.78. The lowest BCUT2D eigenvalue weighted by molar-refractivity contribution is 0.237. The molecule has 1 N–H and O–H groups in total. The Labute approximate surface area is 87.1 Å². The lowest BCUT2D eigenvalue weighted by atomic mass is 10.0. The quantitative estimate of drug-likeness (QED) is 0.674. The minimum Gasteiger partial charge on any atom is -0.313 e. The average Bonchev–Trinajstić information content (AvgIpc) is 3.02. The normalized spacial score (nSPS) is 27.6. The van der Waals surface area contributed by atoms with Crippen LogP contribution in [0.2, 0.25) is 0 Å². The van der Waals surface area contributed by atoms with Crippen molar-refractivity contribution in [2.45, 2.75) is 44.2 Å². The number of hydrogen-bond acceptors (Lipinski definition) is 2. The summed E-state index contributed by atoms with van der Waals surface area (Å²) in [5.41, 5.74) is 0. The van der Waals surface area contributed by atoms with Gasteiger partial charge in [0.2, 0.25) is 0 Å². The Kier molecular flexibility index (Phi) is 3.44. The van der Waals surface area contributed by atoms with Crippen molar-refractivity contribution in [3.05, 3.63) is 0 Å². The van der Waals surface area contributed by atoms with E-state index in [-0.39, 0.29) is 0 Å². The first kappa shape index (κ1) is 10.0. The van der Waals surface area contributed by atoms with Gasteiger partial charge in [-0.2, -0.15) is 0 Å². The van der Waals surface area contributed by atoms with Crippen molar-refractivity contribution in [2.24, 2.45) is 0 Å². The summed E-state index contributed by atoms with van der Waals surface area (Å²) in [6.07, 6.45) is 12.1. The van der Waals surface area contributed by atoms with E-state index in [4.69, 9.17) is 6.42 Å². The second-order valence-corrected chi connectivity index (χ2v) is 4.51. The molecule has 0 aromatic rings. The second-order valence-electron chi connectivity index (χ2n) is 4.51. The van der Waals surface area contributed by atoms with Gasteiger partial charge in [-0.3, -0.25) is 4.90 Å². The number of rotatable bonds is 4. The molecule has 1 unspecified atom stereocenters. The van der Waals surface area contributed by atoms with E-state index < -0.39 is 0 Å². The molecule has 14 heavy (non-hydrogen) atoms. The maximum Gasteiger partial charge on any atom is 0.0601 e. The van der Waals surface area contributed by atoms with Crippen molar-refractivity contribution in [1.29, 1.82) is 0 Å². The molecule has 1 saturated carbocycles. The molecule has 1 heterocycles. The maximum atomic E-state index is 5.39. The first-order chi connectivity index (χ1) is 6.90. The van der Waals surface area contributed by atoms with Crippen LogP contribution in [0.4, 0.5) is 0 Å². The highest BCUT2D eigenvalue weighted by Gasteiger charge is 2.30. The zero-order chi connectivity index (χ0) is 9.80. The first-order valence-electron chi connectivity index (χ1n) is 5.81. The van der Waals surface area contributed by atoms with E-state index in [1.807, 2.05) is 0 Å². The van der Waals surface area contributed by atoms with Gasteiger partial charge in [-0.15, -0.1) is 6.42 Å².